The Kier molecular flexibility index (Phi) is 9.63. The highest BCUT2D eigenvalue weighted by Crippen LogP contribution is 2.05. The molecule has 134 valence electrons. The van der Waals surface area contributed by atoms with Crippen molar-refractivity contribution in [2.75, 3.05) is 19.6 Å². The van der Waals surface area contributed by atoms with Gasteiger partial charge in [0.05, 0.1) is 11.1 Å². The van der Waals surface area contributed by atoms with Gasteiger partial charge in [-0.2, -0.15) is 0 Å². The lowest BCUT2D eigenvalue weighted by atomic mass is 10.2. The Hall–Kier alpha value is -2.66. The Morgan fingerprint density at radius 1 is 0.680 bits per heavy atom. The van der Waals surface area contributed by atoms with Gasteiger partial charge in [0.15, 0.2) is 0 Å². The number of hydrogen-bond acceptors (Lipinski definition) is 5. The molecule has 0 aliphatic carbocycles. The fourth-order valence-electron chi connectivity index (χ4n) is 1.99. The molecule has 5 nitrogen and oxygen atoms in total. The minimum absolute atomic E-state index is 0.318. The van der Waals surface area contributed by atoms with E-state index in [-0.39, 0.29) is 0 Å². The first-order valence-corrected chi connectivity index (χ1v) is 8.37. The number of hydrogen-bond donors (Lipinski definition) is 0. The molecule has 2 aromatic carbocycles. The minimum atomic E-state index is -0.708. The van der Waals surface area contributed by atoms with Crippen molar-refractivity contribution in [2.24, 2.45) is 0 Å². The molecule has 5 heteroatoms. The zero-order valence-electron chi connectivity index (χ0n) is 15.0. The molecule has 0 aliphatic rings. The predicted octanol–water partition coefficient (Wildman–Crippen LogP) is 3.96. The zero-order chi connectivity index (χ0) is 18.5. The second kappa shape index (κ2) is 11.8. The summed E-state index contributed by atoms with van der Waals surface area (Å²) >= 11 is 0. The second-order valence-electron chi connectivity index (χ2n) is 5.09. The maximum absolute atomic E-state index is 11.5. The van der Waals surface area contributed by atoms with Crippen LogP contribution in [0.4, 0.5) is 0 Å². The highest BCUT2D eigenvalue weighted by Gasteiger charge is 2.12. The molecule has 0 saturated heterocycles. The number of benzene rings is 2. The largest absolute Gasteiger partial charge is 0.386 e. The molecule has 0 unspecified atom stereocenters. The molecule has 0 amide bonds. The molecule has 0 aromatic heterocycles. The smallest absolute Gasteiger partial charge is 0.304 e. The van der Waals surface area contributed by atoms with Gasteiger partial charge in [0, 0.05) is 0 Å². The fourth-order valence-corrected chi connectivity index (χ4v) is 1.99. The van der Waals surface area contributed by atoms with Gasteiger partial charge in [-0.1, -0.05) is 57.2 Å². The van der Waals surface area contributed by atoms with Crippen LogP contribution in [-0.4, -0.2) is 36.5 Å². The van der Waals surface area contributed by atoms with Crippen LogP contribution in [-0.2, 0) is 9.78 Å². The Morgan fingerprint density at radius 2 is 1.00 bits per heavy atom. The summed E-state index contributed by atoms with van der Waals surface area (Å²) in [5.74, 6) is -1.42. The standard InChI is InChI=1S/C14H10O4.C6H15N/c15-13(11-7-3-1-4-8-11)17-18-14(16)12-9-5-2-6-10-12;1-4-7(5-2)6-3/h1-10H;4-6H2,1-3H3. The molecule has 0 radical (unpaired) electrons. The van der Waals surface area contributed by atoms with Crippen LogP contribution >= 0.6 is 0 Å². The van der Waals surface area contributed by atoms with Crippen LogP contribution in [0, 0.1) is 0 Å². The lowest BCUT2D eigenvalue weighted by molar-refractivity contribution is -0.187. The van der Waals surface area contributed by atoms with Crippen LogP contribution in [0.15, 0.2) is 60.7 Å². The van der Waals surface area contributed by atoms with E-state index in [2.05, 4.69) is 35.4 Å². The highest BCUT2D eigenvalue weighted by molar-refractivity contribution is 5.92. The molecule has 0 N–H and O–H groups in total. The third-order valence-electron chi connectivity index (χ3n) is 3.55. The lowest BCUT2D eigenvalue weighted by Crippen LogP contribution is -2.21. The number of carbonyl (C=O) groups is 2. The fraction of sp³-hybridized carbons (Fsp3) is 0.300. The van der Waals surface area contributed by atoms with Crippen LogP contribution in [0.25, 0.3) is 0 Å². The molecule has 0 bridgehead atoms. The molecule has 25 heavy (non-hydrogen) atoms. The number of rotatable bonds is 5. The van der Waals surface area contributed by atoms with E-state index in [1.807, 2.05) is 0 Å². The molecule has 2 aromatic rings. The van der Waals surface area contributed by atoms with Gasteiger partial charge in [-0.05, 0) is 43.9 Å². The van der Waals surface area contributed by atoms with Gasteiger partial charge in [-0.15, -0.1) is 0 Å². The van der Waals surface area contributed by atoms with E-state index in [4.69, 9.17) is 0 Å². The van der Waals surface area contributed by atoms with Gasteiger partial charge in [0.2, 0.25) is 0 Å². The molecular formula is C20H25NO4. The van der Waals surface area contributed by atoms with Crippen molar-refractivity contribution in [2.45, 2.75) is 20.8 Å². The van der Waals surface area contributed by atoms with Gasteiger partial charge < -0.3 is 4.90 Å². The third kappa shape index (κ3) is 7.63. The van der Waals surface area contributed by atoms with Gasteiger partial charge in [-0.3, -0.25) is 0 Å². The Bertz CT molecular complexity index is 568. The van der Waals surface area contributed by atoms with Gasteiger partial charge in [0.25, 0.3) is 0 Å². The molecule has 0 fully saturated rings. The van der Waals surface area contributed by atoms with Crippen molar-refractivity contribution < 1.29 is 19.4 Å². The quantitative estimate of drug-likeness (QED) is 0.607. The molecule has 0 spiro atoms. The lowest BCUT2D eigenvalue weighted by Gasteiger charge is -2.13. The van der Waals surface area contributed by atoms with E-state index in [0.29, 0.717) is 11.1 Å². The van der Waals surface area contributed by atoms with Crippen LogP contribution in [0.5, 0.6) is 0 Å². The van der Waals surface area contributed by atoms with Crippen LogP contribution < -0.4 is 0 Å². The Labute approximate surface area is 149 Å². The van der Waals surface area contributed by atoms with Crippen molar-refractivity contribution in [1.29, 1.82) is 0 Å². The summed E-state index contributed by atoms with van der Waals surface area (Å²) in [6.07, 6.45) is 0. The number of carbonyl (C=O) groups excluding carboxylic acids is 2. The van der Waals surface area contributed by atoms with Crippen molar-refractivity contribution in [3.63, 3.8) is 0 Å². The summed E-state index contributed by atoms with van der Waals surface area (Å²) in [5.41, 5.74) is 0.636. The third-order valence-corrected chi connectivity index (χ3v) is 3.55. The van der Waals surface area contributed by atoms with Gasteiger partial charge >= 0.3 is 11.9 Å². The summed E-state index contributed by atoms with van der Waals surface area (Å²) in [6, 6.07) is 16.6. The average Bonchev–Trinajstić information content (AvgIpc) is 2.69. The van der Waals surface area contributed by atoms with Crippen molar-refractivity contribution >= 4 is 11.9 Å². The Morgan fingerprint density at radius 3 is 1.24 bits per heavy atom. The van der Waals surface area contributed by atoms with E-state index in [1.54, 1.807) is 60.7 Å². The topological polar surface area (TPSA) is 55.8 Å². The molecule has 0 atom stereocenters. The number of nitrogens with zero attached hydrogens (tertiary/aromatic N) is 1. The Balaban J connectivity index is 0.000000381. The van der Waals surface area contributed by atoms with Crippen molar-refractivity contribution in [3.8, 4) is 0 Å². The van der Waals surface area contributed by atoms with E-state index >= 15 is 0 Å². The first-order valence-electron chi connectivity index (χ1n) is 8.37. The summed E-state index contributed by atoms with van der Waals surface area (Å²) in [5, 5.41) is 0. The van der Waals surface area contributed by atoms with Gasteiger partial charge in [-0.25, -0.2) is 19.4 Å². The molecule has 0 heterocycles. The SMILES string of the molecule is CCN(CC)CC.O=C(OOC(=O)c1ccccc1)c1ccccc1. The summed E-state index contributed by atoms with van der Waals surface area (Å²) in [7, 11) is 0. The monoisotopic (exact) mass is 343 g/mol. The van der Waals surface area contributed by atoms with E-state index in [1.165, 1.54) is 19.6 Å². The molecule has 0 aliphatic heterocycles. The second-order valence-corrected chi connectivity index (χ2v) is 5.09. The summed E-state index contributed by atoms with van der Waals surface area (Å²) in [4.78, 5) is 34.2. The minimum Gasteiger partial charge on any atom is -0.304 e. The molecular weight excluding hydrogens is 318 g/mol. The van der Waals surface area contributed by atoms with E-state index in [0.717, 1.165) is 0 Å². The van der Waals surface area contributed by atoms with Crippen molar-refractivity contribution in [3.05, 3.63) is 71.8 Å². The first-order chi connectivity index (χ1) is 12.1. The summed E-state index contributed by atoms with van der Waals surface area (Å²) in [6.45, 7) is 10.1. The maximum Gasteiger partial charge on any atom is 0.386 e. The van der Waals surface area contributed by atoms with Crippen LogP contribution in [0.3, 0.4) is 0 Å². The van der Waals surface area contributed by atoms with Crippen LogP contribution in [0.2, 0.25) is 0 Å². The normalized spacial score (nSPS) is 9.76. The van der Waals surface area contributed by atoms with E-state index < -0.39 is 11.9 Å². The van der Waals surface area contributed by atoms with Gasteiger partial charge in [0.1, 0.15) is 0 Å². The summed E-state index contributed by atoms with van der Waals surface area (Å²) < 4.78 is 0. The zero-order valence-corrected chi connectivity index (χ0v) is 15.0. The maximum atomic E-state index is 11.5. The molecule has 0 saturated carbocycles. The predicted molar refractivity (Wildman–Crippen MR) is 97.2 cm³/mol. The first kappa shape index (κ1) is 20.4. The molecule has 2 rings (SSSR count). The van der Waals surface area contributed by atoms with Crippen molar-refractivity contribution in [1.82, 2.24) is 4.90 Å². The highest BCUT2D eigenvalue weighted by atomic mass is 17.2. The van der Waals surface area contributed by atoms with Crippen LogP contribution in [0.1, 0.15) is 41.5 Å². The van der Waals surface area contributed by atoms with E-state index in [9.17, 15) is 9.59 Å². The average molecular weight is 343 g/mol.